The molecular weight excluding hydrogens is 472 g/mol. The minimum Gasteiger partial charge on any atom is -0.457 e. The third-order valence-corrected chi connectivity index (χ3v) is 5.98. The number of benzene rings is 4. The third-order valence-electron chi connectivity index (χ3n) is 5.58. The first kappa shape index (κ1) is 23.3. The van der Waals surface area contributed by atoms with Crippen molar-refractivity contribution in [2.45, 2.75) is 13.8 Å². The Balaban J connectivity index is 1.42. The number of carbonyl (C=O) groups excluding carboxylic acids is 1. The normalized spacial score (nSPS) is 10.8. The molecule has 0 bridgehead atoms. The van der Waals surface area contributed by atoms with Crippen LogP contribution in [-0.4, -0.2) is 20.7 Å². The summed E-state index contributed by atoms with van der Waals surface area (Å²) < 4.78 is 7.46. The average Bonchev–Trinajstić information content (AvgIpc) is 3.33. The minimum atomic E-state index is -0.419. The Kier molecular flexibility index (Phi) is 6.52. The number of hydrogen-bond donors (Lipinski definition) is 1. The number of halogens is 1. The number of nitrogens with one attached hydrogen (secondary N) is 1. The van der Waals surface area contributed by atoms with Crippen LogP contribution in [0.1, 0.15) is 21.7 Å². The van der Waals surface area contributed by atoms with Gasteiger partial charge in [-0.2, -0.15) is 0 Å². The fraction of sp³-hybridized carbons (Fsp3) is 0.0690. The number of aryl methyl sites for hydroxylation is 2. The first-order valence-corrected chi connectivity index (χ1v) is 11.8. The van der Waals surface area contributed by atoms with E-state index < -0.39 is 5.91 Å². The van der Waals surface area contributed by atoms with Gasteiger partial charge in [0.25, 0.3) is 5.91 Å². The second-order valence-electron chi connectivity index (χ2n) is 8.37. The van der Waals surface area contributed by atoms with Crippen molar-refractivity contribution in [1.82, 2.24) is 14.8 Å². The molecule has 1 heterocycles. The van der Waals surface area contributed by atoms with Crippen molar-refractivity contribution in [3.63, 3.8) is 0 Å². The van der Waals surface area contributed by atoms with E-state index in [0.29, 0.717) is 22.3 Å². The Hall–Kier alpha value is -4.42. The first-order valence-electron chi connectivity index (χ1n) is 11.4. The van der Waals surface area contributed by atoms with Gasteiger partial charge in [-0.1, -0.05) is 59.6 Å². The van der Waals surface area contributed by atoms with E-state index in [1.165, 1.54) is 0 Å². The third kappa shape index (κ3) is 5.14. The zero-order valence-electron chi connectivity index (χ0n) is 19.8. The van der Waals surface area contributed by atoms with Gasteiger partial charge in [0.15, 0.2) is 5.82 Å². The number of aromatic nitrogens is 3. The lowest BCUT2D eigenvalue weighted by Gasteiger charge is -2.08. The molecule has 178 valence electrons. The quantitative estimate of drug-likeness (QED) is 0.270. The number of carbonyl (C=O) groups is 1. The number of rotatable bonds is 6. The fourth-order valence-corrected chi connectivity index (χ4v) is 3.87. The van der Waals surface area contributed by atoms with Gasteiger partial charge in [0.1, 0.15) is 11.5 Å². The van der Waals surface area contributed by atoms with Crippen molar-refractivity contribution in [2.75, 3.05) is 5.32 Å². The van der Waals surface area contributed by atoms with Crippen LogP contribution in [-0.2, 0) is 0 Å². The average molecular weight is 495 g/mol. The topological polar surface area (TPSA) is 69.0 Å². The van der Waals surface area contributed by atoms with Crippen molar-refractivity contribution in [2.24, 2.45) is 0 Å². The molecule has 0 saturated carbocycles. The summed E-state index contributed by atoms with van der Waals surface area (Å²) in [6.45, 7) is 3.94. The predicted octanol–water partition coefficient (Wildman–Crippen LogP) is 7.25. The Bertz CT molecular complexity index is 1530. The second kappa shape index (κ2) is 10.1. The lowest BCUT2D eigenvalue weighted by Crippen LogP contribution is -2.14. The van der Waals surface area contributed by atoms with E-state index in [2.05, 4.69) is 15.4 Å². The molecule has 1 amide bonds. The number of hydrogen-bond acceptors (Lipinski definition) is 4. The van der Waals surface area contributed by atoms with Gasteiger partial charge >= 0.3 is 0 Å². The zero-order valence-corrected chi connectivity index (χ0v) is 20.5. The molecule has 0 aliphatic heterocycles. The molecule has 5 aromatic rings. The van der Waals surface area contributed by atoms with E-state index in [-0.39, 0.29) is 5.82 Å². The summed E-state index contributed by atoms with van der Waals surface area (Å²) in [4.78, 5) is 17.7. The molecule has 1 aromatic heterocycles. The van der Waals surface area contributed by atoms with Crippen LogP contribution >= 0.6 is 11.6 Å². The monoisotopic (exact) mass is 494 g/mol. The molecular formula is C29H23ClN4O2. The van der Waals surface area contributed by atoms with Crippen LogP contribution < -0.4 is 10.1 Å². The van der Waals surface area contributed by atoms with E-state index >= 15 is 0 Å². The van der Waals surface area contributed by atoms with E-state index in [1.54, 1.807) is 28.9 Å². The Morgan fingerprint density at radius 2 is 1.61 bits per heavy atom. The summed E-state index contributed by atoms with van der Waals surface area (Å²) in [6, 6.07) is 30.2. The van der Waals surface area contributed by atoms with E-state index in [0.717, 1.165) is 28.1 Å². The summed E-state index contributed by atoms with van der Waals surface area (Å²) in [5.74, 6) is 1.59. The molecule has 5 rings (SSSR count). The Morgan fingerprint density at radius 1 is 0.861 bits per heavy atom. The molecule has 36 heavy (non-hydrogen) atoms. The zero-order chi connectivity index (χ0) is 25.1. The maximum absolute atomic E-state index is 13.1. The van der Waals surface area contributed by atoms with Gasteiger partial charge < -0.3 is 10.1 Å². The minimum absolute atomic E-state index is 0.0489. The second-order valence-corrected chi connectivity index (χ2v) is 8.77. The summed E-state index contributed by atoms with van der Waals surface area (Å²) in [7, 11) is 0. The molecule has 4 aromatic carbocycles. The number of nitrogens with zero attached hydrogens (tertiary/aromatic N) is 3. The highest BCUT2D eigenvalue weighted by molar-refractivity contribution is 6.31. The highest BCUT2D eigenvalue weighted by Gasteiger charge is 2.19. The van der Waals surface area contributed by atoms with Crippen LogP contribution in [0.5, 0.6) is 11.5 Å². The molecule has 0 aliphatic rings. The van der Waals surface area contributed by atoms with Gasteiger partial charge in [-0.05, 0) is 74.0 Å². The standard InChI is InChI=1S/C29H23ClN4O2/c1-19-7-6-8-21(17-19)28-32-27(33-34(28)23-14-11-20(2)26(30)18-23)29(35)31-22-12-15-25(16-13-22)36-24-9-4-3-5-10-24/h3-18H,1-2H3,(H,31,35). The van der Waals surface area contributed by atoms with Gasteiger partial charge in [0.05, 0.1) is 5.69 Å². The van der Waals surface area contributed by atoms with Crippen LogP contribution in [0.4, 0.5) is 5.69 Å². The molecule has 0 fully saturated rings. The lowest BCUT2D eigenvalue weighted by atomic mass is 10.1. The van der Waals surface area contributed by atoms with Crippen molar-refractivity contribution in [1.29, 1.82) is 0 Å². The molecule has 0 radical (unpaired) electrons. The number of ether oxygens (including phenoxy) is 1. The molecule has 0 aliphatic carbocycles. The van der Waals surface area contributed by atoms with Crippen molar-refractivity contribution < 1.29 is 9.53 Å². The molecule has 0 spiro atoms. The summed E-state index contributed by atoms with van der Waals surface area (Å²) in [5.41, 5.74) is 4.20. The van der Waals surface area contributed by atoms with Crippen molar-refractivity contribution in [3.8, 4) is 28.6 Å². The van der Waals surface area contributed by atoms with Crippen LogP contribution in [0.15, 0.2) is 97.1 Å². The first-order chi connectivity index (χ1) is 17.5. The summed E-state index contributed by atoms with van der Waals surface area (Å²) >= 11 is 6.38. The van der Waals surface area contributed by atoms with Crippen molar-refractivity contribution >= 4 is 23.2 Å². The largest absolute Gasteiger partial charge is 0.457 e. The summed E-state index contributed by atoms with van der Waals surface area (Å²) in [5, 5.41) is 8.02. The van der Waals surface area contributed by atoms with Crippen LogP contribution in [0, 0.1) is 13.8 Å². The maximum Gasteiger partial charge on any atom is 0.295 e. The molecule has 6 nitrogen and oxygen atoms in total. The number of para-hydroxylation sites is 1. The SMILES string of the molecule is Cc1cccc(-c2nc(C(=O)Nc3ccc(Oc4ccccc4)cc3)nn2-c2ccc(C)c(Cl)c2)c1. The number of amides is 1. The van der Waals surface area contributed by atoms with Crippen molar-refractivity contribution in [3.05, 3.63) is 119 Å². The fourth-order valence-electron chi connectivity index (χ4n) is 3.69. The van der Waals surface area contributed by atoms with Gasteiger partial charge in [0.2, 0.25) is 5.82 Å². The van der Waals surface area contributed by atoms with Gasteiger partial charge in [0, 0.05) is 16.3 Å². The maximum atomic E-state index is 13.1. The molecule has 0 saturated heterocycles. The van der Waals surface area contributed by atoms with Gasteiger partial charge in [-0.25, -0.2) is 9.67 Å². The van der Waals surface area contributed by atoms with Gasteiger partial charge in [-0.3, -0.25) is 4.79 Å². The smallest absolute Gasteiger partial charge is 0.295 e. The van der Waals surface area contributed by atoms with E-state index in [1.807, 2.05) is 86.6 Å². The summed E-state index contributed by atoms with van der Waals surface area (Å²) in [6.07, 6.45) is 0. The molecule has 0 atom stereocenters. The highest BCUT2D eigenvalue weighted by Crippen LogP contribution is 2.26. The van der Waals surface area contributed by atoms with Crippen LogP contribution in [0.25, 0.3) is 17.1 Å². The van der Waals surface area contributed by atoms with Crippen LogP contribution in [0.3, 0.4) is 0 Å². The molecule has 0 unspecified atom stereocenters. The number of anilines is 1. The van der Waals surface area contributed by atoms with E-state index in [4.69, 9.17) is 16.3 Å². The molecule has 1 N–H and O–H groups in total. The van der Waals surface area contributed by atoms with Crippen LogP contribution in [0.2, 0.25) is 5.02 Å². The predicted molar refractivity (Wildman–Crippen MR) is 142 cm³/mol. The Labute approximate surface area is 214 Å². The Morgan fingerprint density at radius 3 is 2.33 bits per heavy atom. The lowest BCUT2D eigenvalue weighted by molar-refractivity contribution is 0.101. The van der Waals surface area contributed by atoms with Gasteiger partial charge in [-0.15, -0.1) is 5.10 Å². The highest BCUT2D eigenvalue weighted by atomic mass is 35.5. The molecule has 7 heteroatoms. The van der Waals surface area contributed by atoms with E-state index in [9.17, 15) is 4.79 Å².